The van der Waals surface area contributed by atoms with Gasteiger partial charge in [-0.25, -0.2) is 9.50 Å². The predicted octanol–water partition coefficient (Wildman–Crippen LogP) is 1.52. The lowest BCUT2D eigenvalue weighted by molar-refractivity contribution is 0.111. The van der Waals surface area contributed by atoms with E-state index in [-0.39, 0.29) is 5.92 Å². The minimum atomic E-state index is 0.133. The molecule has 1 aliphatic heterocycles. The van der Waals surface area contributed by atoms with Gasteiger partial charge in [0.25, 0.3) is 0 Å². The van der Waals surface area contributed by atoms with Crippen LogP contribution in [0.3, 0.4) is 0 Å². The molecule has 0 fully saturated rings. The molecule has 0 saturated heterocycles. The van der Waals surface area contributed by atoms with Gasteiger partial charge in [0.15, 0.2) is 11.9 Å². The van der Waals surface area contributed by atoms with Gasteiger partial charge in [-0.2, -0.15) is 10.4 Å². The third-order valence-electron chi connectivity index (χ3n) is 3.64. The normalized spacial score (nSPS) is 14.5. The standard InChI is InChI=1S/C15H15N5O/c1-9(2)13-12(8-21)20-15(11(5-16)7-18-20)19-14(13)10-3-4-17-6-10/h3,7-9,17H,4,6H2,1-2H3. The van der Waals surface area contributed by atoms with Crippen molar-refractivity contribution in [3.63, 3.8) is 0 Å². The van der Waals surface area contributed by atoms with Gasteiger partial charge in [-0.05, 0) is 11.5 Å². The van der Waals surface area contributed by atoms with E-state index in [1.807, 2.05) is 13.8 Å². The second-order valence-corrected chi connectivity index (χ2v) is 5.30. The lowest BCUT2D eigenvalue weighted by Crippen LogP contribution is -2.14. The predicted molar refractivity (Wildman–Crippen MR) is 78.0 cm³/mol. The molecule has 1 aliphatic rings. The number of aldehydes is 1. The number of carbonyl (C=O) groups excluding carboxylic acids is 1. The maximum Gasteiger partial charge on any atom is 0.174 e. The van der Waals surface area contributed by atoms with Crippen molar-refractivity contribution in [1.82, 2.24) is 19.9 Å². The van der Waals surface area contributed by atoms with Crippen LogP contribution in [-0.4, -0.2) is 34.0 Å². The second kappa shape index (κ2) is 5.11. The molecule has 0 spiro atoms. The summed E-state index contributed by atoms with van der Waals surface area (Å²) in [6.45, 7) is 5.56. The summed E-state index contributed by atoms with van der Waals surface area (Å²) in [5, 5.41) is 16.5. The van der Waals surface area contributed by atoms with Crippen LogP contribution in [0.4, 0.5) is 0 Å². The summed E-state index contributed by atoms with van der Waals surface area (Å²) in [6.07, 6.45) is 4.32. The molecule has 2 aromatic heterocycles. The van der Waals surface area contributed by atoms with Gasteiger partial charge in [-0.15, -0.1) is 0 Å². The highest BCUT2D eigenvalue weighted by Gasteiger charge is 2.23. The molecule has 0 saturated carbocycles. The van der Waals surface area contributed by atoms with E-state index < -0.39 is 0 Å². The van der Waals surface area contributed by atoms with Crippen LogP contribution in [0.2, 0.25) is 0 Å². The van der Waals surface area contributed by atoms with Crippen LogP contribution in [0.15, 0.2) is 12.3 Å². The van der Waals surface area contributed by atoms with Crippen molar-refractivity contribution in [3.8, 4) is 6.07 Å². The van der Waals surface area contributed by atoms with Crippen molar-refractivity contribution in [2.45, 2.75) is 19.8 Å². The fourth-order valence-electron chi connectivity index (χ4n) is 2.69. The minimum absolute atomic E-state index is 0.133. The zero-order valence-corrected chi connectivity index (χ0v) is 11.9. The molecule has 0 unspecified atom stereocenters. The monoisotopic (exact) mass is 281 g/mol. The highest BCUT2D eigenvalue weighted by Crippen LogP contribution is 2.29. The van der Waals surface area contributed by atoms with Crippen molar-refractivity contribution in [2.24, 2.45) is 0 Å². The molecule has 6 heteroatoms. The zero-order valence-electron chi connectivity index (χ0n) is 11.9. The minimum Gasteiger partial charge on any atom is -0.309 e. The first-order chi connectivity index (χ1) is 10.2. The number of hydrogen-bond acceptors (Lipinski definition) is 5. The van der Waals surface area contributed by atoms with Gasteiger partial charge in [-0.3, -0.25) is 4.79 Å². The number of fused-ring (bicyclic) bond motifs is 1. The summed E-state index contributed by atoms with van der Waals surface area (Å²) in [5.74, 6) is 0.133. The van der Waals surface area contributed by atoms with Gasteiger partial charge in [0.1, 0.15) is 17.3 Å². The summed E-state index contributed by atoms with van der Waals surface area (Å²) in [7, 11) is 0. The molecule has 0 atom stereocenters. The fraction of sp³-hybridized carbons (Fsp3) is 0.333. The molecule has 3 heterocycles. The number of rotatable bonds is 3. The van der Waals surface area contributed by atoms with Crippen LogP contribution in [0, 0.1) is 11.3 Å². The quantitative estimate of drug-likeness (QED) is 0.862. The van der Waals surface area contributed by atoms with Gasteiger partial charge in [0.05, 0.1) is 11.9 Å². The largest absolute Gasteiger partial charge is 0.309 e. The molecule has 2 aromatic rings. The van der Waals surface area contributed by atoms with Crippen LogP contribution >= 0.6 is 0 Å². The molecule has 3 rings (SSSR count). The lowest BCUT2D eigenvalue weighted by Gasteiger charge is -2.16. The average molecular weight is 281 g/mol. The Balaban J connectivity index is 2.41. The van der Waals surface area contributed by atoms with Crippen molar-refractivity contribution in [3.05, 3.63) is 34.8 Å². The Bertz CT molecular complexity index is 794. The molecule has 0 aromatic carbocycles. The molecule has 0 bridgehead atoms. The van der Waals surface area contributed by atoms with Gasteiger partial charge in [0.2, 0.25) is 0 Å². The van der Waals surface area contributed by atoms with Crippen molar-refractivity contribution in [2.75, 3.05) is 13.1 Å². The third kappa shape index (κ3) is 2.03. The first-order valence-electron chi connectivity index (χ1n) is 6.84. The Labute approximate surface area is 122 Å². The van der Waals surface area contributed by atoms with E-state index in [9.17, 15) is 4.79 Å². The third-order valence-corrected chi connectivity index (χ3v) is 3.64. The van der Waals surface area contributed by atoms with E-state index in [1.165, 1.54) is 10.7 Å². The smallest absolute Gasteiger partial charge is 0.174 e. The number of nitriles is 1. The van der Waals surface area contributed by atoms with Gasteiger partial charge in [0, 0.05) is 18.7 Å². The molecule has 1 N–H and O–H groups in total. The summed E-state index contributed by atoms with van der Waals surface area (Å²) in [5.41, 5.74) is 4.02. The molecule has 0 amide bonds. The van der Waals surface area contributed by atoms with Crippen LogP contribution in [0.5, 0.6) is 0 Å². The van der Waals surface area contributed by atoms with E-state index in [0.717, 1.165) is 36.2 Å². The Hall–Kier alpha value is -2.52. The number of nitrogens with zero attached hydrogens (tertiary/aromatic N) is 4. The SMILES string of the molecule is CC(C)c1c(C2=CCNC2)nc2c(C#N)cnn2c1C=O. The first-order valence-corrected chi connectivity index (χ1v) is 6.84. The highest BCUT2D eigenvalue weighted by atomic mass is 16.1. The fourth-order valence-corrected chi connectivity index (χ4v) is 2.69. The Morgan fingerprint density at radius 3 is 2.90 bits per heavy atom. The average Bonchev–Trinajstić information content (AvgIpc) is 3.13. The first kappa shape index (κ1) is 13.5. The zero-order chi connectivity index (χ0) is 15.0. The summed E-state index contributed by atoms with van der Waals surface area (Å²) in [4.78, 5) is 16.2. The van der Waals surface area contributed by atoms with Crippen LogP contribution in [0.25, 0.3) is 11.2 Å². The number of carbonyl (C=O) groups is 1. The van der Waals surface area contributed by atoms with Gasteiger partial charge < -0.3 is 5.32 Å². The van der Waals surface area contributed by atoms with E-state index in [4.69, 9.17) is 5.26 Å². The number of hydrogen-bond donors (Lipinski definition) is 1. The Morgan fingerprint density at radius 1 is 1.52 bits per heavy atom. The highest BCUT2D eigenvalue weighted by molar-refractivity contribution is 5.82. The molecule has 0 aliphatic carbocycles. The summed E-state index contributed by atoms with van der Waals surface area (Å²) < 4.78 is 1.47. The second-order valence-electron chi connectivity index (χ2n) is 5.30. The number of nitrogens with one attached hydrogen (secondary N) is 1. The maximum atomic E-state index is 11.6. The van der Waals surface area contributed by atoms with Crippen LogP contribution in [-0.2, 0) is 0 Å². The molecular formula is C15H15N5O. The van der Waals surface area contributed by atoms with E-state index in [2.05, 4.69) is 27.5 Å². The topological polar surface area (TPSA) is 83.1 Å². The summed E-state index contributed by atoms with van der Waals surface area (Å²) in [6, 6.07) is 2.07. The van der Waals surface area contributed by atoms with Gasteiger partial charge in [-0.1, -0.05) is 19.9 Å². The van der Waals surface area contributed by atoms with Crippen LogP contribution < -0.4 is 5.32 Å². The molecule has 106 valence electrons. The van der Waals surface area contributed by atoms with Crippen molar-refractivity contribution in [1.29, 1.82) is 5.26 Å². The van der Waals surface area contributed by atoms with E-state index in [0.29, 0.717) is 16.9 Å². The number of aromatic nitrogens is 3. The molecule has 21 heavy (non-hydrogen) atoms. The Kier molecular flexibility index (Phi) is 3.28. The van der Waals surface area contributed by atoms with E-state index in [1.54, 1.807) is 0 Å². The van der Waals surface area contributed by atoms with E-state index >= 15 is 0 Å². The van der Waals surface area contributed by atoms with Crippen molar-refractivity contribution < 1.29 is 4.79 Å². The lowest BCUT2D eigenvalue weighted by atomic mass is 9.95. The molecule has 0 radical (unpaired) electrons. The summed E-state index contributed by atoms with van der Waals surface area (Å²) >= 11 is 0. The molecular weight excluding hydrogens is 266 g/mol. The van der Waals surface area contributed by atoms with Gasteiger partial charge >= 0.3 is 0 Å². The van der Waals surface area contributed by atoms with Crippen molar-refractivity contribution >= 4 is 17.5 Å². The maximum absolute atomic E-state index is 11.6. The Morgan fingerprint density at radius 2 is 2.33 bits per heavy atom. The van der Waals surface area contributed by atoms with Crippen LogP contribution in [0.1, 0.15) is 47.1 Å². The molecule has 6 nitrogen and oxygen atoms in total.